The summed E-state index contributed by atoms with van der Waals surface area (Å²) in [7, 11) is 3.20. The highest BCUT2D eigenvalue weighted by atomic mass is 32.2. The molecule has 128 valence electrons. The molecule has 0 bridgehead atoms. The Bertz CT molecular complexity index is 671. The Labute approximate surface area is 147 Å². The zero-order valence-corrected chi connectivity index (χ0v) is 15.1. The van der Waals surface area contributed by atoms with E-state index in [0.29, 0.717) is 24.5 Å². The molecule has 2 aromatic rings. The van der Waals surface area contributed by atoms with Crippen molar-refractivity contribution in [3.63, 3.8) is 0 Å². The lowest BCUT2D eigenvalue weighted by atomic mass is 10.1. The maximum Gasteiger partial charge on any atom is 0.224 e. The summed E-state index contributed by atoms with van der Waals surface area (Å²) in [6.07, 6.45) is 0.294. The fraction of sp³-hybridized carbons (Fsp3) is 0.316. The van der Waals surface area contributed by atoms with Gasteiger partial charge in [-0.2, -0.15) is 0 Å². The maximum absolute atomic E-state index is 12.1. The quantitative estimate of drug-likeness (QED) is 0.588. The molecular formula is C19H23NO3S. The molecule has 0 unspecified atom stereocenters. The van der Waals surface area contributed by atoms with Crippen molar-refractivity contribution in [2.45, 2.75) is 18.2 Å². The van der Waals surface area contributed by atoms with Gasteiger partial charge in [0.05, 0.1) is 20.6 Å². The van der Waals surface area contributed by atoms with Crippen molar-refractivity contribution < 1.29 is 14.3 Å². The van der Waals surface area contributed by atoms with Crippen LogP contribution in [0, 0.1) is 6.92 Å². The molecule has 0 aliphatic rings. The van der Waals surface area contributed by atoms with Crippen LogP contribution in [-0.4, -0.2) is 32.4 Å². The van der Waals surface area contributed by atoms with Gasteiger partial charge in [0.1, 0.15) is 11.5 Å². The van der Waals surface area contributed by atoms with E-state index < -0.39 is 0 Å². The second-order valence-corrected chi connectivity index (χ2v) is 6.53. The summed E-state index contributed by atoms with van der Waals surface area (Å²) in [5.74, 6) is 2.21. The smallest absolute Gasteiger partial charge is 0.224 e. The van der Waals surface area contributed by atoms with Crippen LogP contribution in [0.2, 0.25) is 0 Å². The molecule has 0 aromatic heterocycles. The predicted octanol–water partition coefficient (Wildman–Crippen LogP) is 3.46. The molecule has 4 nitrogen and oxygen atoms in total. The zero-order valence-electron chi connectivity index (χ0n) is 14.3. The lowest BCUT2D eigenvalue weighted by Gasteiger charge is -2.10. The fourth-order valence-corrected chi connectivity index (χ4v) is 3.00. The number of amides is 1. The minimum Gasteiger partial charge on any atom is -0.497 e. The summed E-state index contributed by atoms with van der Waals surface area (Å²) in [6, 6.07) is 13.9. The maximum atomic E-state index is 12.1. The van der Waals surface area contributed by atoms with Crippen molar-refractivity contribution in [1.82, 2.24) is 5.32 Å². The van der Waals surface area contributed by atoms with Gasteiger partial charge >= 0.3 is 0 Å². The molecule has 1 N–H and O–H groups in total. The van der Waals surface area contributed by atoms with E-state index in [1.165, 1.54) is 10.5 Å². The van der Waals surface area contributed by atoms with Crippen LogP contribution in [0.3, 0.4) is 0 Å². The molecule has 2 rings (SSSR count). The fourth-order valence-electron chi connectivity index (χ4n) is 2.23. The third kappa shape index (κ3) is 5.49. The number of carbonyl (C=O) groups is 1. The number of benzene rings is 2. The molecular weight excluding hydrogens is 322 g/mol. The molecule has 0 saturated heterocycles. The molecule has 0 atom stereocenters. The summed E-state index contributed by atoms with van der Waals surface area (Å²) in [6.45, 7) is 2.71. The lowest BCUT2D eigenvalue weighted by Crippen LogP contribution is -2.27. The average molecular weight is 345 g/mol. The summed E-state index contributed by atoms with van der Waals surface area (Å²) < 4.78 is 10.5. The molecule has 5 heteroatoms. The highest BCUT2D eigenvalue weighted by Crippen LogP contribution is 2.25. The van der Waals surface area contributed by atoms with Crippen LogP contribution in [0.15, 0.2) is 47.4 Å². The van der Waals surface area contributed by atoms with Gasteiger partial charge in [-0.15, -0.1) is 11.8 Å². The summed E-state index contributed by atoms with van der Waals surface area (Å²) >= 11 is 1.73. The van der Waals surface area contributed by atoms with Crippen molar-refractivity contribution in [2.24, 2.45) is 0 Å². The van der Waals surface area contributed by atoms with Gasteiger partial charge in [-0.1, -0.05) is 23.8 Å². The Hall–Kier alpha value is -2.14. The van der Waals surface area contributed by atoms with Gasteiger partial charge in [-0.05, 0) is 25.1 Å². The normalized spacial score (nSPS) is 10.3. The van der Waals surface area contributed by atoms with E-state index in [4.69, 9.17) is 9.47 Å². The molecule has 0 spiro atoms. The van der Waals surface area contributed by atoms with E-state index in [1.54, 1.807) is 32.0 Å². The third-order valence-electron chi connectivity index (χ3n) is 3.56. The number of ether oxygens (including phenoxy) is 2. The van der Waals surface area contributed by atoms with Gasteiger partial charge in [-0.3, -0.25) is 4.79 Å². The van der Waals surface area contributed by atoms with E-state index in [-0.39, 0.29) is 5.91 Å². The number of aryl methyl sites for hydroxylation is 1. The largest absolute Gasteiger partial charge is 0.497 e. The Morgan fingerprint density at radius 2 is 1.83 bits per heavy atom. The SMILES string of the molecule is COc1ccc(CC(=O)NCCSc2ccc(C)cc2)c(OC)c1. The molecule has 24 heavy (non-hydrogen) atoms. The van der Waals surface area contributed by atoms with Crippen LogP contribution in [0.1, 0.15) is 11.1 Å². The second kappa shape index (κ2) is 9.23. The third-order valence-corrected chi connectivity index (χ3v) is 4.57. The number of rotatable bonds is 8. The van der Waals surface area contributed by atoms with E-state index in [0.717, 1.165) is 11.3 Å². The van der Waals surface area contributed by atoms with Gasteiger partial charge in [0.15, 0.2) is 0 Å². The van der Waals surface area contributed by atoms with Crippen LogP contribution in [-0.2, 0) is 11.2 Å². The van der Waals surface area contributed by atoms with Crippen molar-refractivity contribution in [3.8, 4) is 11.5 Å². The Morgan fingerprint density at radius 3 is 2.50 bits per heavy atom. The number of hydrogen-bond donors (Lipinski definition) is 1. The number of methoxy groups -OCH3 is 2. The predicted molar refractivity (Wildman–Crippen MR) is 98.2 cm³/mol. The van der Waals surface area contributed by atoms with E-state index in [1.807, 2.05) is 12.1 Å². The number of carbonyl (C=O) groups excluding carboxylic acids is 1. The molecule has 0 fully saturated rings. The standard InChI is InChI=1S/C19H23NO3S/c1-14-4-8-17(9-5-14)24-11-10-20-19(21)12-15-6-7-16(22-2)13-18(15)23-3/h4-9,13H,10-12H2,1-3H3,(H,20,21). The van der Waals surface area contributed by atoms with Gasteiger partial charge in [-0.25, -0.2) is 0 Å². The van der Waals surface area contributed by atoms with Crippen molar-refractivity contribution in [3.05, 3.63) is 53.6 Å². The lowest BCUT2D eigenvalue weighted by molar-refractivity contribution is -0.120. The first-order chi connectivity index (χ1) is 11.6. The first-order valence-electron chi connectivity index (χ1n) is 7.79. The van der Waals surface area contributed by atoms with Crippen molar-refractivity contribution >= 4 is 17.7 Å². The Kier molecular flexibility index (Phi) is 7.00. The number of nitrogens with one attached hydrogen (secondary N) is 1. The highest BCUT2D eigenvalue weighted by molar-refractivity contribution is 7.99. The second-order valence-electron chi connectivity index (χ2n) is 5.37. The van der Waals surface area contributed by atoms with Gasteiger partial charge in [0.25, 0.3) is 0 Å². The van der Waals surface area contributed by atoms with Crippen LogP contribution in [0.5, 0.6) is 11.5 Å². The monoisotopic (exact) mass is 345 g/mol. The van der Waals surface area contributed by atoms with Gasteiger partial charge in [0, 0.05) is 28.8 Å². The van der Waals surface area contributed by atoms with E-state index in [2.05, 4.69) is 36.5 Å². The van der Waals surface area contributed by atoms with E-state index >= 15 is 0 Å². The van der Waals surface area contributed by atoms with E-state index in [9.17, 15) is 4.79 Å². The Morgan fingerprint density at radius 1 is 1.08 bits per heavy atom. The van der Waals surface area contributed by atoms with Crippen molar-refractivity contribution in [2.75, 3.05) is 26.5 Å². The topological polar surface area (TPSA) is 47.6 Å². The Balaban J connectivity index is 1.78. The first kappa shape index (κ1) is 18.2. The van der Waals surface area contributed by atoms with Crippen LogP contribution >= 0.6 is 11.8 Å². The van der Waals surface area contributed by atoms with Crippen LogP contribution in [0.4, 0.5) is 0 Å². The highest BCUT2D eigenvalue weighted by Gasteiger charge is 2.09. The molecule has 0 aliphatic carbocycles. The summed E-state index contributed by atoms with van der Waals surface area (Å²) in [5, 5.41) is 2.95. The van der Waals surface area contributed by atoms with Crippen LogP contribution < -0.4 is 14.8 Å². The average Bonchev–Trinajstić information content (AvgIpc) is 2.60. The number of hydrogen-bond acceptors (Lipinski definition) is 4. The van der Waals surface area contributed by atoms with Crippen LogP contribution in [0.25, 0.3) is 0 Å². The molecule has 0 aliphatic heterocycles. The molecule has 2 aromatic carbocycles. The van der Waals surface area contributed by atoms with Gasteiger partial charge < -0.3 is 14.8 Å². The first-order valence-corrected chi connectivity index (χ1v) is 8.78. The number of thioether (sulfide) groups is 1. The minimum atomic E-state index is -0.0111. The zero-order chi connectivity index (χ0) is 17.4. The van der Waals surface area contributed by atoms with Gasteiger partial charge in [0.2, 0.25) is 5.91 Å². The summed E-state index contributed by atoms with van der Waals surface area (Å²) in [5.41, 5.74) is 2.10. The summed E-state index contributed by atoms with van der Waals surface area (Å²) in [4.78, 5) is 13.3. The molecule has 0 radical (unpaired) electrons. The minimum absolute atomic E-state index is 0.0111. The molecule has 0 heterocycles. The molecule has 1 amide bonds. The van der Waals surface area contributed by atoms with Crippen molar-refractivity contribution in [1.29, 1.82) is 0 Å². The molecule has 0 saturated carbocycles.